The van der Waals surface area contributed by atoms with E-state index in [-0.39, 0.29) is 23.1 Å². The molecule has 1 heterocycles. The number of hydrogen-bond acceptors (Lipinski definition) is 5. The number of benzene rings is 1. The molecule has 1 amide bonds. The number of carbonyl (C=O) groups is 1. The zero-order valence-corrected chi connectivity index (χ0v) is 20.8. The van der Waals surface area contributed by atoms with Crippen LogP contribution in [0.25, 0.3) is 0 Å². The summed E-state index contributed by atoms with van der Waals surface area (Å²) in [5.41, 5.74) is 2.00. The van der Waals surface area contributed by atoms with Gasteiger partial charge in [0.15, 0.2) is 0 Å². The quantitative estimate of drug-likeness (QED) is 0.594. The maximum absolute atomic E-state index is 13.0. The number of nitrogens with zero attached hydrogens (tertiary/aromatic N) is 2. The number of nitrogens with one attached hydrogen (secondary N) is 1. The van der Waals surface area contributed by atoms with E-state index in [0.29, 0.717) is 44.6 Å². The van der Waals surface area contributed by atoms with Crippen LogP contribution in [0.15, 0.2) is 17.0 Å². The molecule has 1 saturated heterocycles. The average molecular weight is 474 g/mol. The van der Waals surface area contributed by atoms with E-state index >= 15 is 0 Å². The first-order valence-electron chi connectivity index (χ1n) is 10.9. The van der Waals surface area contributed by atoms with Crippen molar-refractivity contribution in [1.82, 2.24) is 8.61 Å². The highest BCUT2D eigenvalue weighted by Crippen LogP contribution is 2.28. The second-order valence-electron chi connectivity index (χ2n) is 8.00. The van der Waals surface area contributed by atoms with Gasteiger partial charge >= 0.3 is 0 Å². The highest BCUT2D eigenvalue weighted by atomic mass is 32.2. The number of aryl methyl sites for hydroxylation is 1. The third-order valence-electron chi connectivity index (χ3n) is 5.85. The van der Waals surface area contributed by atoms with Crippen LogP contribution < -0.4 is 5.32 Å². The zero-order chi connectivity index (χ0) is 23.4. The molecule has 0 bridgehead atoms. The molecule has 1 fully saturated rings. The second kappa shape index (κ2) is 10.4. The molecular weight excluding hydrogens is 438 g/mol. The van der Waals surface area contributed by atoms with E-state index in [1.165, 1.54) is 14.7 Å². The number of rotatable bonds is 9. The smallest absolute Gasteiger partial charge is 0.243 e. The predicted octanol–water partition coefficient (Wildman–Crippen LogP) is 2.72. The number of piperidine rings is 1. The molecule has 1 N–H and O–H groups in total. The van der Waals surface area contributed by atoms with Crippen molar-refractivity contribution in [2.75, 3.05) is 37.2 Å². The topological polar surface area (TPSA) is 104 Å². The molecule has 176 valence electrons. The Labute approximate surface area is 187 Å². The molecule has 10 heteroatoms. The van der Waals surface area contributed by atoms with Crippen LogP contribution in [0, 0.1) is 19.8 Å². The van der Waals surface area contributed by atoms with Crippen molar-refractivity contribution < 1.29 is 21.6 Å². The normalized spacial score (nSPS) is 18.3. The summed E-state index contributed by atoms with van der Waals surface area (Å²) in [7, 11) is -7.02. The monoisotopic (exact) mass is 473 g/mol. The second-order valence-corrected chi connectivity index (χ2v) is 12.0. The fraction of sp³-hybridized carbons (Fsp3) is 0.667. The number of amides is 1. The van der Waals surface area contributed by atoms with E-state index in [1.807, 2.05) is 20.8 Å². The Morgan fingerprint density at radius 1 is 1.13 bits per heavy atom. The van der Waals surface area contributed by atoms with Gasteiger partial charge in [0.25, 0.3) is 0 Å². The lowest BCUT2D eigenvalue weighted by atomic mass is 9.98. The van der Waals surface area contributed by atoms with Crippen molar-refractivity contribution in [3.63, 3.8) is 0 Å². The van der Waals surface area contributed by atoms with Crippen molar-refractivity contribution in [2.45, 2.75) is 58.8 Å². The molecule has 8 nitrogen and oxygen atoms in total. The average Bonchev–Trinajstić information content (AvgIpc) is 2.71. The van der Waals surface area contributed by atoms with Crippen molar-refractivity contribution in [3.8, 4) is 0 Å². The highest BCUT2D eigenvalue weighted by Gasteiger charge is 2.32. The molecule has 0 aliphatic carbocycles. The van der Waals surface area contributed by atoms with Crippen molar-refractivity contribution in [3.05, 3.63) is 23.3 Å². The lowest BCUT2D eigenvalue weighted by Crippen LogP contribution is -2.44. The van der Waals surface area contributed by atoms with Crippen molar-refractivity contribution >= 4 is 31.6 Å². The maximum atomic E-state index is 13.0. The first-order chi connectivity index (χ1) is 14.5. The highest BCUT2D eigenvalue weighted by molar-refractivity contribution is 7.89. The third-order valence-corrected chi connectivity index (χ3v) is 9.92. The molecule has 0 aromatic heterocycles. The molecule has 2 rings (SSSR count). The summed E-state index contributed by atoms with van der Waals surface area (Å²) in [6.07, 6.45) is 1.75. The fourth-order valence-corrected chi connectivity index (χ4v) is 7.01. The Hall–Kier alpha value is -1.49. The van der Waals surface area contributed by atoms with Gasteiger partial charge in [0.1, 0.15) is 0 Å². The summed E-state index contributed by atoms with van der Waals surface area (Å²) in [6.45, 7) is 10.3. The summed E-state index contributed by atoms with van der Waals surface area (Å²) < 4.78 is 53.5. The van der Waals surface area contributed by atoms with Gasteiger partial charge in [0.05, 0.1) is 16.6 Å². The van der Waals surface area contributed by atoms with Gasteiger partial charge in [0.2, 0.25) is 26.0 Å². The Bertz CT molecular complexity index is 1000. The van der Waals surface area contributed by atoms with E-state index < -0.39 is 26.0 Å². The minimum Gasteiger partial charge on any atom is -0.326 e. The van der Waals surface area contributed by atoms with Crippen LogP contribution in [0.4, 0.5) is 5.69 Å². The fourth-order valence-electron chi connectivity index (χ4n) is 3.85. The molecule has 1 aliphatic rings. The van der Waals surface area contributed by atoms with Crippen LogP contribution >= 0.6 is 0 Å². The summed E-state index contributed by atoms with van der Waals surface area (Å²) in [5, 5.41) is 2.87. The molecule has 0 radical (unpaired) electrons. The van der Waals surface area contributed by atoms with Gasteiger partial charge in [-0.15, -0.1) is 0 Å². The van der Waals surface area contributed by atoms with Gasteiger partial charge in [-0.25, -0.2) is 21.1 Å². The Balaban J connectivity index is 2.28. The molecule has 1 atom stereocenters. The van der Waals surface area contributed by atoms with Gasteiger partial charge in [-0.05, 0) is 56.4 Å². The molecular formula is C21H35N3O5S2. The van der Waals surface area contributed by atoms with Gasteiger partial charge in [-0.2, -0.15) is 4.31 Å². The van der Waals surface area contributed by atoms with E-state index in [1.54, 1.807) is 19.9 Å². The van der Waals surface area contributed by atoms with Crippen molar-refractivity contribution in [1.29, 1.82) is 0 Å². The van der Waals surface area contributed by atoms with E-state index in [9.17, 15) is 21.6 Å². The van der Waals surface area contributed by atoms with Crippen LogP contribution in [0.3, 0.4) is 0 Å². The summed E-state index contributed by atoms with van der Waals surface area (Å²) in [6, 6.07) is 3.13. The Kier molecular flexibility index (Phi) is 8.66. The standard InChI is InChI=1S/C21H35N3O5S2/c1-6-12-30(26,27)24-11-9-10-18(15-24)21(25)22-20-14-19(13-16(4)17(20)5)31(28,29)23(7-2)8-3/h13-14,18H,6-12,15H2,1-5H3,(H,22,25). The Morgan fingerprint density at radius 2 is 1.77 bits per heavy atom. The number of anilines is 1. The van der Waals surface area contributed by atoms with E-state index in [0.717, 1.165) is 11.1 Å². The molecule has 0 spiro atoms. The SMILES string of the molecule is CCCS(=O)(=O)N1CCCC(C(=O)Nc2cc(S(=O)(=O)N(CC)CC)cc(C)c2C)C1. The summed E-state index contributed by atoms with van der Waals surface area (Å²) >= 11 is 0. The molecule has 1 unspecified atom stereocenters. The first-order valence-corrected chi connectivity index (χ1v) is 13.9. The van der Waals surface area contributed by atoms with Gasteiger partial charge in [0, 0.05) is 31.9 Å². The lowest BCUT2D eigenvalue weighted by molar-refractivity contribution is -0.120. The Morgan fingerprint density at radius 3 is 2.35 bits per heavy atom. The van der Waals surface area contributed by atoms with Crippen molar-refractivity contribution in [2.24, 2.45) is 5.92 Å². The molecule has 1 aliphatic heterocycles. The largest absolute Gasteiger partial charge is 0.326 e. The number of hydrogen-bond donors (Lipinski definition) is 1. The minimum absolute atomic E-state index is 0.0743. The van der Waals surface area contributed by atoms with E-state index in [2.05, 4.69) is 5.32 Å². The zero-order valence-electron chi connectivity index (χ0n) is 19.1. The van der Waals surface area contributed by atoms with Crippen LogP contribution in [0.5, 0.6) is 0 Å². The van der Waals surface area contributed by atoms with E-state index in [4.69, 9.17) is 0 Å². The molecule has 31 heavy (non-hydrogen) atoms. The van der Waals surface area contributed by atoms with Crippen LogP contribution in [0.2, 0.25) is 0 Å². The van der Waals surface area contributed by atoms with Gasteiger partial charge in [-0.1, -0.05) is 20.8 Å². The minimum atomic E-state index is -3.66. The maximum Gasteiger partial charge on any atom is 0.243 e. The third kappa shape index (κ3) is 5.85. The van der Waals surface area contributed by atoms with Crippen LogP contribution in [-0.2, 0) is 24.8 Å². The number of carbonyl (C=O) groups excluding carboxylic acids is 1. The van der Waals surface area contributed by atoms with Gasteiger partial charge in [-0.3, -0.25) is 4.79 Å². The predicted molar refractivity (Wildman–Crippen MR) is 123 cm³/mol. The first kappa shape index (κ1) is 25.8. The van der Waals surface area contributed by atoms with Crippen LogP contribution in [0.1, 0.15) is 51.2 Å². The molecule has 0 saturated carbocycles. The summed E-state index contributed by atoms with van der Waals surface area (Å²) in [5.74, 6) is -0.676. The van der Waals surface area contributed by atoms with Crippen LogP contribution in [-0.4, -0.2) is 63.3 Å². The molecule has 1 aromatic carbocycles. The summed E-state index contributed by atoms with van der Waals surface area (Å²) in [4.78, 5) is 13.1. The van der Waals surface area contributed by atoms with Gasteiger partial charge < -0.3 is 5.32 Å². The molecule has 1 aromatic rings. The lowest BCUT2D eigenvalue weighted by Gasteiger charge is -2.31. The number of sulfonamides is 2.